The van der Waals surface area contributed by atoms with Crippen LogP contribution in [-0.2, 0) is 6.42 Å². The van der Waals surface area contributed by atoms with E-state index in [1.807, 2.05) is 46.7 Å². The lowest BCUT2D eigenvalue weighted by atomic mass is 9.88. The maximum Gasteiger partial charge on any atom is 0.271 e. The number of rotatable bonds is 5. The molecule has 2 aliphatic rings. The second kappa shape index (κ2) is 10.5. The normalized spacial score (nSPS) is 17.7. The molecule has 0 spiro atoms. The van der Waals surface area contributed by atoms with Gasteiger partial charge in [-0.1, -0.05) is 59.8 Å². The molecule has 1 aliphatic heterocycles. The quantitative estimate of drug-likeness (QED) is 0.348. The Morgan fingerprint density at radius 3 is 2.61 bits per heavy atom. The molecular formula is C30H30N4O3S. The highest BCUT2D eigenvalue weighted by atomic mass is 32.1. The molecule has 6 rings (SSSR count). The second-order valence-corrected chi connectivity index (χ2v) is 11.0. The fourth-order valence-corrected chi connectivity index (χ4v) is 6.59. The van der Waals surface area contributed by atoms with Crippen LogP contribution in [0.5, 0.6) is 0 Å². The molecule has 1 atom stereocenters. The van der Waals surface area contributed by atoms with Gasteiger partial charge in [0.05, 0.1) is 11.0 Å². The van der Waals surface area contributed by atoms with E-state index in [0.717, 1.165) is 42.7 Å². The van der Waals surface area contributed by atoms with Crippen LogP contribution in [-0.4, -0.2) is 39.9 Å². The second-order valence-electron chi connectivity index (χ2n) is 10.1. The van der Waals surface area contributed by atoms with E-state index in [-0.39, 0.29) is 23.8 Å². The molecule has 1 fully saturated rings. The summed E-state index contributed by atoms with van der Waals surface area (Å²) >= 11 is 1.54. The van der Waals surface area contributed by atoms with E-state index in [1.165, 1.54) is 11.1 Å². The highest BCUT2D eigenvalue weighted by Gasteiger charge is 2.31. The molecule has 0 radical (unpaired) electrons. The number of carbonyl (C=O) groups excluding carboxylic acids is 2. The Morgan fingerprint density at radius 1 is 1.03 bits per heavy atom. The number of aryl methyl sites for hydroxylation is 2. The van der Waals surface area contributed by atoms with Crippen LogP contribution in [0.25, 0.3) is 11.3 Å². The van der Waals surface area contributed by atoms with E-state index in [2.05, 4.69) is 28.7 Å². The summed E-state index contributed by atoms with van der Waals surface area (Å²) in [5, 5.41) is 10.2. The highest BCUT2D eigenvalue weighted by Crippen LogP contribution is 2.34. The Bertz CT molecular complexity index is 1450. The number of fused-ring (bicyclic) bond motifs is 1. The summed E-state index contributed by atoms with van der Waals surface area (Å²) in [5.41, 5.74) is 5.02. The standard InChI is InChI=1S/C30H30N4O3S/c1-19-26(27(33-37-19)21-9-3-2-4-10-21)30(36)34-16-14-22(15-17-34)29-32-25(18-38-29)28(35)31-24-13-7-11-20-8-5-6-12-23(20)24/h2-6,8-10,12,18,22,24H,7,11,13-17H2,1H3,(H,31,35). The molecule has 8 heteroatoms. The number of benzene rings is 2. The van der Waals surface area contributed by atoms with Gasteiger partial charge < -0.3 is 14.7 Å². The van der Waals surface area contributed by atoms with Crippen molar-refractivity contribution >= 4 is 23.2 Å². The van der Waals surface area contributed by atoms with Gasteiger partial charge in [-0.05, 0) is 50.2 Å². The van der Waals surface area contributed by atoms with E-state index in [0.29, 0.717) is 35.8 Å². The highest BCUT2D eigenvalue weighted by molar-refractivity contribution is 7.09. The van der Waals surface area contributed by atoms with Crippen molar-refractivity contribution in [2.45, 2.75) is 51.0 Å². The summed E-state index contributed by atoms with van der Waals surface area (Å²) in [6.07, 6.45) is 4.70. The zero-order valence-corrected chi connectivity index (χ0v) is 22.2. The molecule has 3 heterocycles. The summed E-state index contributed by atoms with van der Waals surface area (Å²) in [5.74, 6) is 0.608. The first-order valence-electron chi connectivity index (χ1n) is 13.2. The number of likely N-dealkylation sites (tertiary alicyclic amines) is 1. The number of aromatic nitrogens is 2. The third-order valence-electron chi connectivity index (χ3n) is 7.68. The third kappa shape index (κ3) is 4.76. The van der Waals surface area contributed by atoms with Crippen molar-refractivity contribution in [2.75, 3.05) is 13.1 Å². The molecule has 2 amide bonds. The molecule has 194 valence electrons. The van der Waals surface area contributed by atoms with E-state index in [4.69, 9.17) is 9.51 Å². The lowest BCUT2D eigenvalue weighted by Gasteiger charge is -2.31. The lowest BCUT2D eigenvalue weighted by Crippen LogP contribution is -2.38. The Balaban J connectivity index is 1.09. The van der Waals surface area contributed by atoms with Gasteiger partial charge in [-0.3, -0.25) is 9.59 Å². The first kappa shape index (κ1) is 24.6. The fraction of sp³-hybridized carbons (Fsp3) is 0.333. The maximum absolute atomic E-state index is 13.4. The average molecular weight is 527 g/mol. The van der Waals surface area contributed by atoms with Crippen molar-refractivity contribution in [3.8, 4) is 11.3 Å². The van der Waals surface area contributed by atoms with Gasteiger partial charge in [-0.2, -0.15) is 0 Å². The minimum atomic E-state index is -0.113. The van der Waals surface area contributed by atoms with Crippen LogP contribution >= 0.6 is 11.3 Å². The molecular weight excluding hydrogens is 496 g/mol. The van der Waals surface area contributed by atoms with Crippen LogP contribution in [0.15, 0.2) is 64.5 Å². The molecule has 1 aliphatic carbocycles. The van der Waals surface area contributed by atoms with E-state index in [1.54, 1.807) is 18.3 Å². The molecule has 1 saturated heterocycles. The lowest BCUT2D eigenvalue weighted by molar-refractivity contribution is 0.0711. The van der Waals surface area contributed by atoms with Crippen LogP contribution in [0, 0.1) is 6.92 Å². The summed E-state index contributed by atoms with van der Waals surface area (Å²) in [7, 11) is 0. The Kier molecular flexibility index (Phi) is 6.81. The number of amides is 2. The molecule has 1 unspecified atom stereocenters. The van der Waals surface area contributed by atoms with Gasteiger partial charge in [0.15, 0.2) is 0 Å². The Hall–Kier alpha value is -3.78. The van der Waals surface area contributed by atoms with E-state index in [9.17, 15) is 9.59 Å². The molecule has 38 heavy (non-hydrogen) atoms. The van der Waals surface area contributed by atoms with Gasteiger partial charge >= 0.3 is 0 Å². The Morgan fingerprint density at radius 2 is 1.79 bits per heavy atom. The van der Waals surface area contributed by atoms with Crippen molar-refractivity contribution in [3.63, 3.8) is 0 Å². The first-order chi connectivity index (χ1) is 18.6. The molecule has 1 N–H and O–H groups in total. The van der Waals surface area contributed by atoms with Gasteiger partial charge in [0.1, 0.15) is 22.7 Å². The van der Waals surface area contributed by atoms with Gasteiger partial charge in [-0.15, -0.1) is 11.3 Å². The number of nitrogens with zero attached hydrogens (tertiary/aromatic N) is 3. The van der Waals surface area contributed by atoms with Gasteiger partial charge in [-0.25, -0.2) is 4.98 Å². The monoisotopic (exact) mass is 526 g/mol. The predicted molar refractivity (Wildman–Crippen MR) is 146 cm³/mol. The fourth-order valence-electron chi connectivity index (χ4n) is 5.62. The van der Waals surface area contributed by atoms with Crippen molar-refractivity contribution in [1.29, 1.82) is 0 Å². The first-order valence-corrected chi connectivity index (χ1v) is 14.1. The number of hydrogen-bond donors (Lipinski definition) is 1. The topological polar surface area (TPSA) is 88.3 Å². The van der Waals surface area contributed by atoms with Gasteiger partial charge in [0, 0.05) is 30.0 Å². The average Bonchev–Trinajstić information content (AvgIpc) is 3.61. The number of piperidine rings is 1. The van der Waals surface area contributed by atoms with E-state index >= 15 is 0 Å². The largest absolute Gasteiger partial charge is 0.360 e. The molecule has 2 aromatic carbocycles. The molecule has 7 nitrogen and oxygen atoms in total. The summed E-state index contributed by atoms with van der Waals surface area (Å²) < 4.78 is 5.41. The van der Waals surface area contributed by atoms with Gasteiger partial charge in [0.25, 0.3) is 11.8 Å². The molecule has 4 aromatic rings. The minimum absolute atomic E-state index is 0.0356. The predicted octanol–water partition coefficient (Wildman–Crippen LogP) is 5.93. The van der Waals surface area contributed by atoms with E-state index < -0.39 is 0 Å². The van der Waals surface area contributed by atoms with Gasteiger partial charge in [0.2, 0.25) is 0 Å². The van der Waals surface area contributed by atoms with Crippen molar-refractivity contribution in [1.82, 2.24) is 20.4 Å². The zero-order valence-electron chi connectivity index (χ0n) is 21.4. The molecule has 0 saturated carbocycles. The number of nitrogens with one attached hydrogen (secondary N) is 1. The molecule has 0 bridgehead atoms. The van der Waals surface area contributed by atoms with Crippen molar-refractivity contribution < 1.29 is 14.1 Å². The molecule has 2 aromatic heterocycles. The van der Waals surface area contributed by atoms with Crippen LogP contribution < -0.4 is 5.32 Å². The Labute approximate surface area is 225 Å². The van der Waals surface area contributed by atoms with Crippen LogP contribution in [0.2, 0.25) is 0 Å². The summed E-state index contributed by atoms with van der Waals surface area (Å²) in [4.78, 5) is 33.1. The van der Waals surface area contributed by atoms with Crippen LogP contribution in [0.4, 0.5) is 0 Å². The minimum Gasteiger partial charge on any atom is -0.360 e. The summed E-state index contributed by atoms with van der Waals surface area (Å²) in [6, 6.07) is 18.1. The SMILES string of the molecule is Cc1onc(-c2ccccc2)c1C(=O)N1CCC(c2nc(C(=O)NC3CCCc4ccccc43)cs2)CC1. The van der Waals surface area contributed by atoms with Crippen molar-refractivity contribution in [3.05, 3.63) is 93.1 Å². The summed E-state index contributed by atoms with van der Waals surface area (Å²) in [6.45, 7) is 3.04. The zero-order chi connectivity index (χ0) is 26.1. The number of carbonyl (C=O) groups is 2. The van der Waals surface area contributed by atoms with Crippen LogP contribution in [0.3, 0.4) is 0 Å². The third-order valence-corrected chi connectivity index (χ3v) is 8.69. The number of hydrogen-bond acceptors (Lipinski definition) is 6. The number of thiazole rings is 1. The van der Waals surface area contributed by atoms with Crippen LogP contribution in [0.1, 0.15) is 80.4 Å². The maximum atomic E-state index is 13.4. The van der Waals surface area contributed by atoms with Crippen molar-refractivity contribution in [2.24, 2.45) is 0 Å². The smallest absolute Gasteiger partial charge is 0.271 e.